The molecule has 1 fully saturated rings. The normalized spacial score (nSPS) is 16.3. The van der Waals surface area contributed by atoms with Crippen molar-refractivity contribution in [3.8, 4) is 0 Å². The van der Waals surface area contributed by atoms with Gasteiger partial charge < -0.3 is 10.2 Å². The number of Topliss-reactive ketones (excluding diaryl/α,β-unsaturated/α-hetero) is 1. The van der Waals surface area contributed by atoms with Crippen LogP contribution in [0.5, 0.6) is 0 Å². The number of benzene rings is 2. The lowest BCUT2D eigenvalue weighted by molar-refractivity contribution is -0.137. The van der Waals surface area contributed by atoms with E-state index >= 15 is 0 Å². The number of amides is 1. The monoisotopic (exact) mass is 451 g/mol. The molecule has 0 aliphatic carbocycles. The third-order valence-electron chi connectivity index (χ3n) is 5.30. The highest BCUT2D eigenvalue weighted by Gasteiger charge is 2.26. The Bertz CT molecular complexity index is 917. The SMILES string of the molecule is CN1CCN(C(CNC(=O)C(=O)Cc2ccc(Cl)c(F)c2)c2ccccc2Cl)CC1. The Morgan fingerprint density at radius 3 is 2.43 bits per heavy atom. The van der Waals surface area contributed by atoms with Crippen LogP contribution in [0.15, 0.2) is 42.5 Å². The summed E-state index contributed by atoms with van der Waals surface area (Å²) in [5.41, 5.74) is 1.31. The van der Waals surface area contributed by atoms with E-state index in [1.54, 1.807) is 0 Å². The van der Waals surface area contributed by atoms with E-state index in [4.69, 9.17) is 23.2 Å². The molecule has 1 amide bonds. The number of rotatable bonds is 7. The predicted octanol–water partition coefficient (Wildman–Crippen LogP) is 3.35. The summed E-state index contributed by atoms with van der Waals surface area (Å²) in [4.78, 5) is 29.3. The molecule has 0 spiro atoms. The fourth-order valence-electron chi connectivity index (χ4n) is 3.52. The summed E-state index contributed by atoms with van der Waals surface area (Å²) in [5.74, 6) is -1.94. The average Bonchev–Trinajstić information content (AvgIpc) is 2.73. The van der Waals surface area contributed by atoms with E-state index < -0.39 is 17.5 Å². The first-order chi connectivity index (χ1) is 14.3. The van der Waals surface area contributed by atoms with Crippen molar-refractivity contribution < 1.29 is 14.0 Å². The van der Waals surface area contributed by atoms with Crippen molar-refractivity contribution in [2.24, 2.45) is 0 Å². The van der Waals surface area contributed by atoms with Gasteiger partial charge in [0, 0.05) is 44.2 Å². The van der Waals surface area contributed by atoms with Crippen LogP contribution in [0.4, 0.5) is 4.39 Å². The molecule has 0 radical (unpaired) electrons. The highest BCUT2D eigenvalue weighted by molar-refractivity contribution is 6.36. The number of likely N-dealkylation sites (N-methyl/N-ethyl adjacent to an activating group) is 1. The Kier molecular flexibility index (Phi) is 7.83. The van der Waals surface area contributed by atoms with Gasteiger partial charge in [0.1, 0.15) is 5.82 Å². The van der Waals surface area contributed by atoms with Gasteiger partial charge in [-0.1, -0.05) is 47.5 Å². The summed E-state index contributed by atoms with van der Waals surface area (Å²) < 4.78 is 13.6. The van der Waals surface area contributed by atoms with E-state index in [9.17, 15) is 14.0 Å². The molecule has 160 valence electrons. The van der Waals surface area contributed by atoms with Gasteiger partial charge in [0.25, 0.3) is 5.91 Å². The summed E-state index contributed by atoms with van der Waals surface area (Å²) >= 11 is 12.1. The van der Waals surface area contributed by atoms with Gasteiger partial charge in [0.05, 0.1) is 11.1 Å². The largest absolute Gasteiger partial charge is 0.348 e. The fourth-order valence-corrected chi connectivity index (χ4v) is 3.90. The topological polar surface area (TPSA) is 52.6 Å². The Labute approximate surface area is 185 Å². The molecule has 1 aliphatic heterocycles. The van der Waals surface area contributed by atoms with E-state index in [0.29, 0.717) is 10.6 Å². The molecule has 30 heavy (non-hydrogen) atoms. The Hall–Kier alpha value is -1.99. The Morgan fingerprint density at radius 1 is 1.07 bits per heavy atom. The van der Waals surface area contributed by atoms with Crippen LogP contribution in [0.1, 0.15) is 17.2 Å². The number of halogens is 3. The second-order valence-electron chi connectivity index (χ2n) is 7.43. The van der Waals surface area contributed by atoms with Crippen LogP contribution in [0.25, 0.3) is 0 Å². The van der Waals surface area contributed by atoms with Crippen molar-refractivity contribution in [3.63, 3.8) is 0 Å². The lowest BCUT2D eigenvalue weighted by atomic mass is 10.0. The van der Waals surface area contributed by atoms with E-state index in [0.717, 1.165) is 31.7 Å². The summed E-state index contributed by atoms with van der Waals surface area (Å²) in [6.45, 7) is 3.75. The van der Waals surface area contributed by atoms with Crippen molar-refractivity contribution >= 4 is 34.9 Å². The molecule has 2 aromatic carbocycles. The van der Waals surface area contributed by atoms with Crippen molar-refractivity contribution in [1.29, 1.82) is 0 Å². The van der Waals surface area contributed by atoms with Crippen LogP contribution < -0.4 is 5.32 Å². The van der Waals surface area contributed by atoms with E-state index in [1.807, 2.05) is 24.3 Å². The number of piperazine rings is 1. The first-order valence-corrected chi connectivity index (χ1v) is 10.5. The molecular weight excluding hydrogens is 428 g/mol. The third-order valence-corrected chi connectivity index (χ3v) is 5.95. The van der Waals surface area contributed by atoms with E-state index in [-0.39, 0.29) is 24.0 Å². The van der Waals surface area contributed by atoms with Crippen molar-refractivity contribution in [2.75, 3.05) is 39.8 Å². The van der Waals surface area contributed by atoms with Crippen molar-refractivity contribution in [2.45, 2.75) is 12.5 Å². The molecule has 1 aliphatic rings. The van der Waals surface area contributed by atoms with Crippen LogP contribution >= 0.6 is 23.2 Å². The Balaban J connectivity index is 1.66. The van der Waals surface area contributed by atoms with Crippen molar-refractivity contribution in [1.82, 2.24) is 15.1 Å². The van der Waals surface area contributed by atoms with Crippen LogP contribution in [-0.4, -0.2) is 61.3 Å². The molecule has 0 aromatic heterocycles. The predicted molar refractivity (Wildman–Crippen MR) is 116 cm³/mol. The van der Waals surface area contributed by atoms with Crippen LogP contribution in [0.2, 0.25) is 10.0 Å². The summed E-state index contributed by atoms with van der Waals surface area (Å²) in [6, 6.07) is 11.5. The molecule has 0 saturated carbocycles. The lowest BCUT2D eigenvalue weighted by Crippen LogP contribution is -2.49. The molecule has 0 bridgehead atoms. The highest BCUT2D eigenvalue weighted by atomic mass is 35.5. The first kappa shape index (κ1) is 22.7. The second kappa shape index (κ2) is 10.4. The van der Waals surface area contributed by atoms with Crippen LogP contribution in [-0.2, 0) is 16.0 Å². The molecule has 1 unspecified atom stereocenters. The zero-order valence-electron chi connectivity index (χ0n) is 16.7. The van der Waals surface area contributed by atoms with E-state index in [1.165, 1.54) is 18.2 Å². The molecule has 1 atom stereocenters. The molecule has 1 saturated heterocycles. The van der Waals surface area contributed by atoms with Gasteiger partial charge in [-0.15, -0.1) is 0 Å². The first-order valence-electron chi connectivity index (χ1n) is 9.77. The standard InChI is InChI=1S/C22H24Cl2FN3O2/c1-27-8-10-28(11-9-27)20(16-4-2-3-5-17(16)23)14-26-22(30)21(29)13-15-6-7-18(24)19(25)12-15/h2-7,12,20H,8-11,13-14H2,1H3,(H,26,30). The molecule has 8 heteroatoms. The smallest absolute Gasteiger partial charge is 0.287 e. The number of nitrogens with zero attached hydrogens (tertiary/aromatic N) is 2. The van der Waals surface area contributed by atoms with Gasteiger partial charge in [-0.25, -0.2) is 4.39 Å². The van der Waals surface area contributed by atoms with Gasteiger partial charge in [0.15, 0.2) is 0 Å². The zero-order valence-corrected chi connectivity index (χ0v) is 18.2. The summed E-state index contributed by atoms with van der Waals surface area (Å²) in [7, 11) is 2.07. The van der Waals surface area contributed by atoms with Crippen LogP contribution in [0, 0.1) is 5.82 Å². The summed E-state index contributed by atoms with van der Waals surface area (Å²) in [5, 5.41) is 3.34. The third kappa shape index (κ3) is 5.79. The number of ketones is 1. The number of carbonyl (C=O) groups excluding carboxylic acids is 2. The van der Waals surface area contributed by atoms with Gasteiger partial charge in [-0.05, 0) is 36.4 Å². The zero-order chi connectivity index (χ0) is 21.7. The number of carbonyl (C=O) groups is 2. The number of nitrogens with one attached hydrogen (secondary N) is 1. The maximum absolute atomic E-state index is 13.6. The van der Waals surface area contributed by atoms with E-state index in [2.05, 4.69) is 22.2 Å². The molecule has 1 N–H and O–H groups in total. The quantitative estimate of drug-likeness (QED) is 0.655. The van der Waals surface area contributed by atoms with Gasteiger partial charge in [-0.2, -0.15) is 0 Å². The molecular formula is C22H24Cl2FN3O2. The van der Waals surface area contributed by atoms with Gasteiger partial charge in [0.2, 0.25) is 5.78 Å². The maximum Gasteiger partial charge on any atom is 0.287 e. The fraction of sp³-hybridized carbons (Fsp3) is 0.364. The molecule has 3 rings (SSSR count). The number of hydrogen-bond donors (Lipinski definition) is 1. The van der Waals surface area contributed by atoms with Crippen LogP contribution in [0.3, 0.4) is 0 Å². The average molecular weight is 452 g/mol. The lowest BCUT2D eigenvalue weighted by Gasteiger charge is -2.38. The molecule has 2 aromatic rings. The minimum atomic E-state index is -0.698. The maximum atomic E-state index is 13.6. The van der Waals surface area contributed by atoms with Gasteiger partial charge >= 0.3 is 0 Å². The minimum absolute atomic E-state index is 0.0228. The minimum Gasteiger partial charge on any atom is -0.348 e. The second-order valence-corrected chi connectivity index (χ2v) is 8.25. The summed E-state index contributed by atoms with van der Waals surface area (Å²) in [6.07, 6.45) is -0.189. The molecule has 5 nitrogen and oxygen atoms in total. The van der Waals surface area contributed by atoms with Crippen molar-refractivity contribution in [3.05, 3.63) is 69.5 Å². The number of hydrogen-bond acceptors (Lipinski definition) is 4. The van der Waals surface area contributed by atoms with Gasteiger partial charge in [-0.3, -0.25) is 14.5 Å². The molecule has 1 heterocycles. The Morgan fingerprint density at radius 2 is 1.77 bits per heavy atom. The highest BCUT2D eigenvalue weighted by Crippen LogP contribution is 2.28.